The van der Waals surface area contributed by atoms with Crippen molar-refractivity contribution in [3.63, 3.8) is 0 Å². The van der Waals surface area contributed by atoms with Crippen molar-refractivity contribution in [2.75, 3.05) is 0 Å². The Hall–Kier alpha value is -2.84. The number of nitrogens with zero attached hydrogens (tertiary/aromatic N) is 1. The normalized spacial score (nSPS) is 21.1. The smallest absolute Gasteiger partial charge is 0.314 e. The molecular formula is C27H20Cl4FNO5. The minimum atomic E-state index is -1.94. The quantitative estimate of drug-likeness (QED) is 0.289. The van der Waals surface area contributed by atoms with E-state index in [4.69, 9.17) is 51.1 Å². The van der Waals surface area contributed by atoms with E-state index in [1.807, 2.05) is 0 Å². The lowest BCUT2D eigenvalue weighted by Crippen LogP contribution is -2.46. The molecule has 2 unspecified atom stereocenters. The number of carboxylic acids is 2. The summed E-state index contributed by atoms with van der Waals surface area (Å²) in [7, 11) is 0. The number of aliphatic carboxylic acids is 2. The van der Waals surface area contributed by atoms with Crippen LogP contribution >= 0.6 is 46.4 Å². The Labute approximate surface area is 237 Å². The van der Waals surface area contributed by atoms with Crippen molar-refractivity contribution in [1.82, 2.24) is 4.98 Å². The molecule has 6 nitrogen and oxygen atoms in total. The van der Waals surface area contributed by atoms with Crippen molar-refractivity contribution in [1.29, 1.82) is 0 Å². The first-order chi connectivity index (χ1) is 17.9. The van der Waals surface area contributed by atoms with E-state index in [1.165, 1.54) is 37.4 Å². The lowest BCUT2D eigenvalue weighted by molar-refractivity contribution is -0.151. The highest BCUT2D eigenvalue weighted by Crippen LogP contribution is 2.52. The molecule has 0 fully saturated rings. The number of benzene rings is 2. The van der Waals surface area contributed by atoms with Crippen LogP contribution in [0.5, 0.6) is 5.88 Å². The van der Waals surface area contributed by atoms with Gasteiger partial charge in [0, 0.05) is 27.4 Å². The van der Waals surface area contributed by atoms with Crippen molar-refractivity contribution in [3.8, 4) is 5.88 Å². The van der Waals surface area contributed by atoms with Crippen LogP contribution in [0.2, 0.25) is 20.1 Å². The largest absolute Gasteiger partial charge is 0.481 e. The van der Waals surface area contributed by atoms with E-state index in [0.717, 1.165) is 6.07 Å². The molecule has 2 aromatic carbocycles. The van der Waals surface area contributed by atoms with Gasteiger partial charge in [-0.05, 0) is 55.2 Å². The second kappa shape index (κ2) is 10.7. The maximum atomic E-state index is 15.0. The summed E-state index contributed by atoms with van der Waals surface area (Å²) >= 11 is 24.8. The highest BCUT2D eigenvalue weighted by atomic mass is 35.5. The Balaban J connectivity index is 1.74. The van der Waals surface area contributed by atoms with E-state index in [0.29, 0.717) is 21.7 Å². The molecule has 0 saturated carbocycles. The fraction of sp³-hybridized carbons (Fsp3) is 0.222. The maximum absolute atomic E-state index is 15.0. The molecule has 0 saturated heterocycles. The monoisotopic (exact) mass is 597 g/mol. The number of allylic oxidation sites excluding steroid dienone is 1. The highest BCUT2D eigenvalue weighted by Gasteiger charge is 2.53. The molecule has 0 bridgehead atoms. The summed E-state index contributed by atoms with van der Waals surface area (Å²) in [5.41, 5.74) is -2.40. The van der Waals surface area contributed by atoms with E-state index in [1.54, 1.807) is 18.2 Å². The molecule has 11 heteroatoms. The molecule has 4 rings (SSSR count). The lowest BCUT2D eigenvalue weighted by Gasteiger charge is -2.41. The van der Waals surface area contributed by atoms with Crippen molar-refractivity contribution >= 4 is 63.9 Å². The molecule has 2 N–H and O–H groups in total. The molecule has 2 atom stereocenters. The number of hydrogen-bond acceptors (Lipinski definition) is 4. The molecule has 0 amide bonds. The number of carboxylic acid groups (broad SMARTS) is 2. The fourth-order valence-electron chi connectivity index (χ4n) is 4.73. The SMILES string of the molecule is CC1(C(=O)O)C=C(c2ccc(COc3ncc(Cl)cc3Cl)c(Cl)c2)CC(C(=O)O)(c2c(F)cccc2Cl)C1. The molecule has 38 heavy (non-hydrogen) atoms. The molecule has 0 aliphatic heterocycles. The Bertz CT molecular complexity index is 1460. The molecular weight excluding hydrogens is 579 g/mol. The zero-order valence-corrected chi connectivity index (χ0v) is 22.8. The molecule has 0 radical (unpaired) electrons. The Morgan fingerprint density at radius 2 is 1.76 bits per heavy atom. The van der Waals surface area contributed by atoms with Gasteiger partial charge >= 0.3 is 11.9 Å². The summed E-state index contributed by atoms with van der Waals surface area (Å²) in [6.45, 7) is 1.41. The molecule has 1 aliphatic rings. The summed E-state index contributed by atoms with van der Waals surface area (Å²) in [6, 6.07) is 10.2. The van der Waals surface area contributed by atoms with Gasteiger partial charge in [0.25, 0.3) is 0 Å². The third kappa shape index (κ3) is 5.34. The van der Waals surface area contributed by atoms with Gasteiger partial charge in [-0.3, -0.25) is 9.59 Å². The number of aromatic nitrogens is 1. The van der Waals surface area contributed by atoms with Gasteiger partial charge < -0.3 is 14.9 Å². The zero-order chi connectivity index (χ0) is 27.8. The van der Waals surface area contributed by atoms with Gasteiger partial charge in [-0.25, -0.2) is 9.37 Å². The molecule has 0 spiro atoms. The molecule has 1 heterocycles. The number of ether oxygens (including phenoxy) is 1. The second-order valence-electron chi connectivity index (χ2n) is 9.27. The summed E-state index contributed by atoms with van der Waals surface area (Å²) in [5.74, 6) is -3.30. The number of hydrogen-bond donors (Lipinski definition) is 2. The number of pyridine rings is 1. The van der Waals surface area contributed by atoms with Gasteiger partial charge in [0.2, 0.25) is 5.88 Å². The van der Waals surface area contributed by atoms with Crippen LogP contribution < -0.4 is 4.74 Å². The maximum Gasteiger partial charge on any atom is 0.314 e. The third-order valence-electron chi connectivity index (χ3n) is 6.56. The van der Waals surface area contributed by atoms with Crippen LogP contribution in [0.1, 0.15) is 36.5 Å². The van der Waals surface area contributed by atoms with E-state index in [9.17, 15) is 19.8 Å². The van der Waals surface area contributed by atoms with Crippen molar-refractivity contribution in [2.45, 2.75) is 31.8 Å². The lowest BCUT2D eigenvalue weighted by atomic mass is 9.60. The number of carbonyl (C=O) groups is 2. The van der Waals surface area contributed by atoms with E-state index < -0.39 is 35.0 Å². The first-order valence-electron chi connectivity index (χ1n) is 11.2. The Morgan fingerprint density at radius 3 is 2.37 bits per heavy atom. The molecule has 198 valence electrons. The topological polar surface area (TPSA) is 96.7 Å². The summed E-state index contributed by atoms with van der Waals surface area (Å²) in [5, 5.41) is 21.2. The standard InChI is InChI=1S/C27H20Cl4FNO5/c1-26(24(34)35)9-16(10-27(13-26,25(36)37)22-18(29)3-2-4-21(22)32)14-5-6-15(19(30)7-14)12-38-23-20(31)8-17(28)11-33-23/h2-9,11H,10,12-13H2,1H3,(H,34,35)(H,36,37). The van der Waals surface area contributed by atoms with E-state index >= 15 is 4.39 Å². The van der Waals surface area contributed by atoms with Crippen LogP contribution in [0.4, 0.5) is 4.39 Å². The first-order valence-corrected chi connectivity index (χ1v) is 12.7. The predicted octanol–water partition coefficient (Wildman–Crippen LogP) is 7.70. The number of rotatable bonds is 7. The summed E-state index contributed by atoms with van der Waals surface area (Å²) in [6.07, 6.45) is 2.27. The van der Waals surface area contributed by atoms with Crippen molar-refractivity contribution in [2.24, 2.45) is 5.41 Å². The fourth-order valence-corrected chi connectivity index (χ4v) is 5.75. The van der Waals surface area contributed by atoms with Gasteiger partial charge in [-0.1, -0.05) is 70.7 Å². The first kappa shape index (κ1) is 28.2. The Kier molecular flexibility index (Phi) is 7.96. The van der Waals surface area contributed by atoms with E-state index in [-0.39, 0.29) is 39.5 Å². The molecule has 3 aromatic rings. The van der Waals surface area contributed by atoms with Crippen LogP contribution in [0, 0.1) is 11.2 Å². The van der Waals surface area contributed by atoms with Gasteiger partial charge in [0.1, 0.15) is 22.9 Å². The molecule has 1 aliphatic carbocycles. The minimum Gasteiger partial charge on any atom is -0.481 e. The third-order valence-corrected chi connectivity index (χ3v) is 7.70. The van der Waals surface area contributed by atoms with Crippen molar-refractivity contribution in [3.05, 3.63) is 97.3 Å². The van der Waals surface area contributed by atoms with Gasteiger partial charge in [0.05, 0.1) is 10.4 Å². The summed E-state index contributed by atoms with van der Waals surface area (Å²) < 4.78 is 20.7. The zero-order valence-electron chi connectivity index (χ0n) is 19.8. The van der Waals surface area contributed by atoms with E-state index in [2.05, 4.69) is 4.98 Å². The average Bonchev–Trinajstić information content (AvgIpc) is 2.83. The average molecular weight is 599 g/mol. The van der Waals surface area contributed by atoms with Gasteiger partial charge in [0.15, 0.2) is 0 Å². The Morgan fingerprint density at radius 1 is 1.03 bits per heavy atom. The number of halogens is 5. The minimum absolute atomic E-state index is 0.0171. The van der Waals surface area contributed by atoms with Crippen LogP contribution in [-0.2, 0) is 21.6 Å². The molecule has 1 aromatic heterocycles. The summed E-state index contributed by atoms with van der Waals surface area (Å²) in [4.78, 5) is 29.1. The highest BCUT2D eigenvalue weighted by molar-refractivity contribution is 6.35. The second-order valence-corrected chi connectivity index (χ2v) is 10.9. The van der Waals surface area contributed by atoms with Crippen LogP contribution in [0.25, 0.3) is 5.57 Å². The van der Waals surface area contributed by atoms with Gasteiger partial charge in [-0.2, -0.15) is 0 Å². The van der Waals surface area contributed by atoms with Gasteiger partial charge in [-0.15, -0.1) is 0 Å². The van der Waals surface area contributed by atoms with Crippen LogP contribution in [0.15, 0.2) is 54.7 Å². The van der Waals surface area contributed by atoms with Crippen molar-refractivity contribution < 1.29 is 28.9 Å². The predicted molar refractivity (Wildman–Crippen MR) is 144 cm³/mol. The van der Waals surface area contributed by atoms with Crippen LogP contribution in [-0.4, -0.2) is 27.1 Å². The van der Waals surface area contributed by atoms with Crippen LogP contribution in [0.3, 0.4) is 0 Å².